The quantitative estimate of drug-likeness (QED) is 0.398. The fourth-order valence-electron chi connectivity index (χ4n) is 0.434. The maximum absolute atomic E-state index is 3.84. The van der Waals surface area contributed by atoms with E-state index in [1.54, 1.807) is 0 Å². The van der Waals surface area contributed by atoms with Gasteiger partial charge in [-0.1, -0.05) is 30.9 Å². The van der Waals surface area contributed by atoms with Gasteiger partial charge in [-0.2, -0.15) is 0 Å². The van der Waals surface area contributed by atoms with Gasteiger partial charge in [0.05, 0.1) is 0 Å². The Morgan fingerprint density at radius 2 is 2.00 bits per heavy atom. The van der Waals surface area contributed by atoms with E-state index in [-0.39, 0.29) is 0 Å². The van der Waals surface area contributed by atoms with Crippen molar-refractivity contribution in [1.29, 1.82) is 0 Å². The van der Waals surface area contributed by atoms with Gasteiger partial charge in [0, 0.05) is 0 Å². The Bertz CT molecular complexity index is 138. The summed E-state index contributed by atoms with van der Waals surface area (Å²) in [4.78, 5) is 0. The van der Waals surface area contributed by atoms with E-state index in [1.165, 1.54) is 0 Å². The molecule has 0 heteroatoms. The number of rotatable bonds is 3. The molecule has 0 aliphatic carbocycles. The van der Waals surface area contributed by atoms with Crippen molar-refractivity contribution in [1.82, 2.24) is 0 Å². The van der Waals surface area contributed by atoms with Crippen molar-refractivity contribution in [2.75, 3.05) is 0 Å². The molecular formula is C9H14. The van der Waals surface area contributed by atoms with Crippen LogP contribution in [0.5, 0.6) is 0 Å². The first-order valence-corrected chi connectivity index (χ1v) is 3.13. The summed E-state index contributed by atoms with van der Waals surface area (Å²) in [6, 6.07) is 0. The molecule has 0 N–H and O–H groups in total. The van der Waals surface area contributed by atoms with Gasteiger partial charge in [0.25, 0.3) is 0 Å². The summed E-state index contributed by atoms with van der Waals surface area (Å²) >= 11 is 0. The Balaban J connectivity index is 3.65. The first-order valence-electron chi connectivity index (χ1n) is 3.13. The van der Waals surface area contributed by atoms with Crippen LogP contribution in [0.3, 0.4) is 0 Å². The van der Waals surface area contributed by atoms with Crippen molar-refractivity contribution in [3.8, 4) is 0 Å². The SMILES string of the molecule is C=C(C)C(=C)CC=CC. The predicted octanol–water partition coefficient (Wildman–Crippen LogP) is 3.08. The third-order valence-corrected chi connectivity index (χ3v) is 1.20. The van der Waals surface area contributed by atoms with Crippen LogP contribution in [-0.2, 0) is 0 Å². The molecule has 50 valence electrons. The highest BCUT2D eigenvalue weighted by Crippen LogP contribution is 2.08. The van der Waals surface area contributed by atoms with Crippen molar-refractivity contribution in [3.05, 3.63) is 36.5 Å². The van der Waals surface area contributed by atoms with E-state index in [9.17, 15) is 0 Å². The summed E-state index contributed by atoms with van der Waals surface area (Å²) in [6.07, 6.45) is 5.04. The standard InChI is InChI=1S/C9H14/c1-5-6-7-9(4)8(2)3/h5-6H,2,4,7H2,1,3H3. The molecule has 0 heterocycles. The van der Waals surface area contributed by atoms with Crippen LogP contribution in [0.1, 0.15) is 20.3 Å². The van der Waals surface area contributed by atoms with Gasteiger partial charge >= 0.3 is 0 Å². The average Bonchev–Trinajstić information content (AvgIpc) is 1.82. The first kappa shape index (κ1) is 8.22. The highest BCUT2D eigenvalue weighted by atomic mass is 13.9. The lowest BCUT2D eigenvalue weighted by Crippen LogP contribution is -1.77. The molecule has 0 aliphatic rings. The van der Waals surface area contributed by atoms with Gasteiger partial charge in [-0.25, -0.2) is 0 Å². The van der Waals surface area contributed by atoms with Crippen LogP contribution in [0.25, 0.3) is 0 Å². The van der Waals surface area contributed by atoms with Gasteiger partial charge in [-0.05, 0) is 25.8 Å². The Morgan fingerprint density at radius 3 is 2.33 bits per heavy atom. The summed E-state index contributed by atoms with van der Waals surface area (Å²) in [7, 11) is 0. The maximum Gasteiger partial charge on any atom is -0.0101 e. The van der Waals surface area contributed by atoms with E-state index in [4.69, 9.17) is 0 Å². The Hall–Kier alpha value is -0.780. The fraction of sp³-hybridized carbons (Fsp3) is 0.333. The molecule has 0 bridgehead atoms. The smallest absolute Gasteiger partial charge is 0.0101 e. The second-order valence-corrected chi connectivity index (χ2v) is 2.16. The van der Waals surface area contributed by atoms with Crippen molar-refractivity contribution >= 4 is 0 Å². The van der Waals surface area contributed by atoms with Crippen molar-refractivity contribution in [2.45, 2.75) is 20.3 Å². The van der Waals surface area contributed by atoms with Crippen molar-refractivity contribution in [2.24, 2.45) is 0 Å². The molecule has 0 aromatic rings. The van der Waals surface area contributed by atoms with Crippen molar-refractivity contribution in [3.63, 3.8) is 0 Å². The highest BCUT2D eigenvalue weighted by Gasteiger charge is 1.87. The van der Waals surface area contributed by atoms with Gasteiger partial charge < -0.3 is 0 Å². The minimum absolute atomic E-state index is 0.936. The average molecular weight is 122 g/mol. The molecule has 0 amide bonds. The van der Waals surface area contributed by atoms with E-state index < -0.39 is 0 Å². The van der Waals surface area contributed by atoms with Crippen LogP contribution in [0, 0.1) is 0 Å². The second kappa shape index (κ2) is 4.13. The zero-order valence-electron chi connectivity index (χ0n) is 6.28. The molecule has 0 aromatic heterocycles. The summed E-state index contributed by atoms with van der Waals surface area (Å²) in [5.74, 6) is 0. The molecule has 9 heavy (non-hydrogen) atoms. The van der Waals surface area contributed by atoms with Crippen LogP contribution < -0.4 is 0 Å². The van der Waals surface area contributed by atoms with Crippen LogP contribution >= 0.6 is 0 Å². The molecule has 0 saturated carbocycles. The van der Waals surface area contributed by atoms with Crippen LogP contribution in [-0.4, -0.2) is 0 Å². The molecule has 0 aromatic carbocycles. The Labute approximate surface area is 57.6 Å². The molecule has 0 nitrogen and oxygen atoms in total. The summed E-state index contributed by atoms with van der Waals surface area (Å²) in [5, 5.41) is 0. The number of allylic oxidation sites excluding steroid dienone is 4. The lowest BCUT2D eigenvalue weighted by Gasteiger charge is -1.97. The number of hydrogen-bond acceptors (Lipinski definition) is 0. The van der Waals surface area contributed by atoms with E-state index >= 15 is 0 Å². The highest BCUT2D eigenvalue weighted by molar-refractivity contribution is 5.24. The minimum atomic E-state index is 0.936. The van der Waals surface area contributed by atoms with Crippen LogP contribution in [0.15, 0.2) is 36.5 Å². The van der Waals surface area contributed by atoms with Gasteiger partial charge in [-0.15, -0.1) is 0 Å². The largest absolute Gasteiger partial charge is 0.0958 e. The topological polar surface area (TPSA) is 0 Å². The van der Waals surface area contributed by atoms with E-state index in [0.29, 0.717) is 0 Å². The third-order valence-electron chi connectivity index (χ3n) is 1.20. The van der Waals surface area contributed by atoms with E-state index in [1.807, 2.05) is 19.9 Å². The molecular weight excluding hydrogens is 108 g/mol. The monoisotopic (exact) mass is 122 g/mol. The molecule has 0 atom stereocenters. The lowest BCUT2D eigenvalue weighted by atomic mass is 10.1. The van der Waals surface area contributed by atoms with Crippen molar-refractivity contribution < 1.29 is 0 Å². The normalized spacial score (nSPS) is 10.0. The fourth-order valence-corrected chi connectivity index (χ4v) is 0.434. The summed E-state index contributed by atoms with van der Waals surface area (Å²) < 4.78 is 0. The van der Waals surface area contributed by atoms with Gasteiger partial charge in [-0.3, -0.25) is 0 Å². The second-order valence-electron chi connectivity index (χ2n) is 2.16. The van der Waals surface area contributed by atoms with E-state index in [2.05, 4.69) is 19.2 Å². The molecule has 0 aliphatic heterocycles. The van der Waals surface area contributed by atoms with Crippen LogP contribution in [0.4, 0.5) is 0 Å². The molecule has 0 rings (SSSR count). The zero-order chi connectivity index (χ0) is 7.28. The maximum atomic E-state index is 3.84. The first-order chi connectivity index (χ1) is 4.18. The third kappa shape index (κ3) is 3.77. The molecule has 0 fully saturated rings. The molecule has 0 saturated heterocycles. The Morgan fingerprint density at radius 1 is 1.44 bits per heavy atom. The van der Waals surface area contributed by atoms with E-state index in [0.717, 1.165) is 17.6 Å². The number of hydrogen-bond donors (Lipinski definition) is 0. The molecule has 0 spiro atoms. The summed E-state index contributed by atoms with van der Waals surface area (Å²) in [6.45, 7) is 11.6. The van der Waals surface area contributed by atoms with Crippen LogP contribution in [0.2, 0.25) is 0 Å². The van der Waals surface area contributed by atoms with Gasteiger partial charge in [0.1, 0.15) is 0 Å². The molecule has 0 radical (unpaired) electrons. The summed E-state index contributed by atoms with van der Waals surface area (Å²) in [5.41, 5.74) is 2.20. The Kier molecular flexibility index (Phi) is 3.78. The predicted molar refractivity (Wildman–Crippen MR) is 43.4 cm³/mol. The molecule has 0 unspecified atom stereocenters. The van der Waals surface area contributed by atoms with Gasteiger partial charge in [0.2, 0.25) is 0 Å². The zero-order valence-corrected chi connectivity index (χ0v) is 6.28. The van der Waals surface area contributed by atoms with Gasteiger partial charge in [0.15, 0.2) is 0 Å². The minimum Gasteiger partial charge on any atom is -0.0958 e. The lowest BCUT2D eigenvalue weighted by molar-refractivity contribution is 1.22.